The van der Waals surface area contributed by atoms with E-state index in [2.05, 4.69) is 19.9 Å². The van der Waals surface area contributed by atoms with Crippen molar-refractivity contribution in [2.45, 2.75) is 46.1 Å². The highest BCUT2D eigenvalue weighted by Crippen LogP contribution is 2.14. The van der Waals surface area contributed by atoms with Crippen molar-refractivity contribution < 1.29 is 4.74 Å². The van der Waals surface area contributed by atoms with Gasteiger partial charge in [0.15, 0.2) is 0 Å². The molecule has 3 heteroatoms. The molecule has 1 aromatic carbocycles. The van der Waals surface area contributed by atoms with Crippen molar-refractivity contribution in [3.05, 3.63) is 35.4 Å². The van der Waals surface area contributed by atoms with Gasteiger partial charge in [-0.1, -0.05) is 63.5 Å². The summed E-state index contributed by atoms with van der Waals surface area (Å²) in [5.74, 6) is 0.679. The maximum atomic E-state index is 5.82. The Hall–Kier alpha value is -0.930. The summed E-state index contributed by atoms with van der Waals surface area (Å²) < 4.78 is 5.82. The fourth-order valence-electron chi connectivity index (χ4n) is 2.06. The molecule has 0 amide bonds. The topological polar surface area (TPSA) is 35.2 Å². The van der Waals surface area contributed by atoms with Gasteiger partial charge in [-0.3, -0.25) is 0 Å². The van der Waals surface area contributed by atoms with E-state index in [1.165, 1.54) is 25.7 Å². The number of unbranched alkanes of at least 4 members (excludes halogenated alkanes) is 1. The summed E-state index contributed by atoms with van der Waals surface area (Å²) in [5.41, 5.74) is 7.67. The normalized spacial score (nSPS) is 12.3. The highest BCUT2D eigenvalue weighted by atomic mass is 32.1. The van der Waals surface area contributed by atoms with Crippen LogP contribution in [0.1, 0.15) is 50.7 Å². The Balaban J connectivity index is 2.39. The number of thiocarbonyl (C=S) groups is 1. The number of nitrogens with two attached hydrogens (primary N) is 1. The van der Waals surface area contributed by atoms with Gasteiger partial charge in [-0.25, -0.2) is 0 Å². The highest BCUT2D eigenvalue weighted by Gasteiger charge is 2.06. The third-order valence-electron chi connectivity index (χ3n) is 3.38. The third-order valence-corrected chi connectivity index (χ3v) is 3.61. The van der Waals surface area contributed by atoms with Gasteiger partial charge in [0.2, 0.25) is 0 Å². The van der Waals surface area contributed by atoms with Crippen LogP contribution in [0.3, 0.4) is 0 Å². The Kier molecular flexibility index (Phi) is 7.68. The second-order valence-corrected chi connectivity index (χ2v) is 5.44. The molecular weight excluding hydrogens is 254 g/mol. The fourth-order valence-corrected chi connectivity index (χ4v) is 2.18. The first-order valence-corrected chi connectivity index (χ1v) is 7.54. The van der Waals surface area contributed by atoms with Crippen LogP contribution in [-0.4, -0.2) is 11.6 Å². The summed E-state index contributed by atoms with van der Waals surface area (Å²) in [6, 6.07) is 7.97. The summed E-state index contributed by atoms with van der Waals surface area (Å²) in [7, 11) is 0. The van der Waals surface area contributed by atoms with E-state index >= 15 is 0 Å². The molecule has 1 unspecified atom stereocenters. The minimum absolute atomic E-state index is 0.441. The molecule has 19 heavy (non-hydrogen) atoms. The fraction of sp³-hybridized carbons (Fsp3) is 0.562. The molecule has 0 bridgehead atoms. The Morgan fingerprint density at radius 2 is 2.16 bits per heavy atom. The minimum atomic E-state index is 0.441. The van der Waals surface area contributed by atoms with Gasteiger partial charge in [0.25, 0.3) is 0 Å². The molecule has 1 aromatic rings. The molecule has 1 atom stereocenters. The molecule has 0 aliphatic heterocycles. The maximum Gasteiger partial charge on any atom is 0.103 e. The van der Waals surface area contributed by atoms with E-state index in [4.69, 9.17) is 22.7 Å². The molecule has 1 rings (SSSR count). The van der Waals surface area contributed by atoms with Crippen LogP contribution in [0.25, 0.3) is 0 Å². The molecule has 2 nitrogen and oxygen atoms in total. The number of hydrogen-bond acceptors (Lipinski definition) is 2. The van der Waals surface area contributed by atoms with E-state index in [1.807, 2.05) is 18.2 Å². The predicted octanol–water partition coefficient (Wildman–Crippen LogP) is 4.05. The van der Waals surface area contributed by atoms with E-state index in [1.54, 1.807) is 0 Å². The lowest BCUT2D eigenvalue weighted by molar-refractivity contribution is 0.0820. The van der Waals surface area contributed by atoms with Crippen LogP contribution in [0, 0.1) is 5.92 Å². The van der Waals surface area contributed by atoms with Gasteiger partial charge >= 0.3 is 0 Å². The molecule has 0 saturated carbocycles. The Labute approximate surface area is 122 Å². The second-order valence-electron chi connectivity index (χ2n) is 5.00. The summed E-state index contributed by atoms with van der Waals surface area (Å²) in [4.78, 5) is 0.441. The van der Waals surface area contributed by atoms with Gasteiger partial charge in [0.1, 0.15) is 4.99 Å². The van der Waals surface area contributed by atoms with Crippen LogP contribution < -0.4 is 5.73 Å². The molecule has 0 aliphatic rings. The van der Waals surface area contributed by atoms with E-state index in [0.717, 1.165) is 17.7 Å². The molecule has 2 N–H and O–H groups in total. The van der Waals surface area contributed by atoms with Crippen molar-refractivity contribution in [3.63, 3.8) is 0 Å². The molecular formula is C16H25NOS. The molecule has 0 radical (unpaired) electrons. The monoisotopic (exact) mass is 279 g/mol. The van der Waals surface area contributed by atoms with Crippen molar-refractivity contribution >= 4 is 17.2 Å². The molecule has 106 valence electrons. The first kappa shape index (κ1) is 16.1. The zero-order chi connectivity index (χ0) is 14.1. The van der Waals surface area contributed by atoms with Crippen LogP contribution in [0.4, 0.5) is 0 Å². The first-order valence-electron chi connectivity index (χ1n) is 7.13. The molecule has 0 spiro atoms. The largest absolute Gasteiger partial charge is 0.389 e. The maximum absolute atomic E-state index is 5.82. The van der Waals surface area contributed by atoms with Gasteiger partial charge in [-0.05, 0) is 24.0 Å². The van der Waals surface area contributed by atoms with Crippen LogP contribution in [0.5, 0.6) is 0 Å². The highest BCUT2D eigenvalue weighted by molar-refractivity contribution is 7.80. The zero-order valence-corrected chi connectivity index (χ0v) is 12.8. The molecule has 0 saturated heterocycles. The lowest BCUT2D eigenvalue weighted by Gasteiger charge is -2.14. The van der Waals surface area contributed by atoms with Crippen LogP contribution in [0.2, 0.25) is 0 Å². The van der Waals surface area contributed by atoms with Crippen LogP contribution in [0.15, 0.2) is 24.3 Å². The molecule has 0 aliphatic carbocycles. The van der Waals surface area contributed by atoms with Gasteiger partial charge in [0.05, 0.1) is 6.61 Å². The number of rotatable bonds is 9. The number of hydrogen-bond donors (Lipinski definition) is 1. The average molecular weight is 279 g/mol. The Bertz CT molecular complexity index is 392. The van der Waals surface area contributed by atoms with Gasteiger partial charge in [-0.2, -0.15) is 0 Å². The molecule has 0 heterocycles. The zero-order valence-electron chi connectivity index (χ0n) is 12.0. The van der Waals surface area contributed by atoms with Crippen molar-refractivity contribution in [2.75, 3.05) is 6.61 Å². The van der Waals surface area contributed by atoms with Crippen molar-refractivity contribution in [1.29, 1.82) is 0 Å². The quantitative estimate of drug-likeness (QED) is 0.693. The smallest absolute Gasteiger partial charge is 0.103 e. The molecule has 0 aromatic heterocycles. The molecule has 0 fully saturated rings. The van der Waals surface area contributed by atoms with Crippen molar-refractivity contribution in [2.24, 2.45) is 11.7 Å². The van der Waals surface area contributed by atoms with Crippen molar-refractivity contribution in [3.8, 4) is 0 Å². The number of benzene rings is 1. The summed E-state index contributed by atoms with van der Waals surface area (Å²) >= 11 is 4.98. The van der Waals surface area contributed by atoms with Gasteiger partial charge in [-0.15, -0.1) is 0 Å². The van der Waals surface area contributed by atoms with Gasteiger partial charge in [0, 0.05) is 12.2 Å². The van der Waals surface area contributed by atoms with Crippen LogP contribution >= 0.6 is 12.2 Å². The van der Waals surface area contributed by atoms with Crippen molar-refractivity contribution in [1.82, 2.24) is 0 Å². The predicted molar refractivity (Wildman–Crippen MR) is 85.3 cm³/mol. The second kappa shape index (κ2) is 9.05. The summed E-state index contributed by atoms with van der Waals surface area (Å²) in [6.07, 6.45) is 5.00. The summed E-state index contributed by atoms with van der Waals surface area (Å²) in [6.45, 7) is 5.94. The first-order chi connectivity index (χ1) is 9.17. The Morgan fingerprint density at radius 1 is 1.37 bits per heavy atom. The lowest BCUT2D eigenvalue weighted by Crippen LogP contribution is -2.11. The van der Waals surface area contributed by atoms with E-state index < -0.39 is 0 Å². The van der Waals surface area contributed by atoms with Gasteiger partial charge < -0.3 is 10.5 Å². The SMILES string of the molecule is CCCCC(CC)COCc1cccc(C(N)=S)c1. The third kappa shape index (κ3) is 6.17. The summed E-state index contributed by atoms with van der Waals surface area (Å²) in [5, 5.41) is 0. The van der Waals surface area contributed by atoms with E-state index in [9.17, 15) is 0 Å². The number of ether oxygens (including phenoxy) is 1. The Morgan fingerprint density at radius 3 is 2.79 bits per heavy atom. The van der Waals surface area contributed by atoms with E-state index in [-0.39, 0.29) is 0 Å². The van der Waals surface area contributed by atoms with E-state index in [0.29, 0.717) is 17.5 Å². The standard InChI is InChI=1S/C16H25NOS/c1-3-5-7-13(4-2)11-18-12-14-8-6-9-15(10-14)16(17)19/h6,8-10,13H,3-5,7,11-12H2,1-2H3,(H2,17,19). The minimum Gasteiger partial charge on any atom is -0.389 e. The average Bonchev–Trinajstić information content (AvgIpc) is 2.43. The van der Waals surface area contributed by atoms with Crippen LogP contribution in [-0.2, 0) is 11.3 Å². The lowest BCUT2D eigenvalue weighted by atomic mass is 10.0.